The fourth-order valence-corrected chi connectivity index (χ4v) is 2.34. The number of aromatic nitrogens is 1. The third kappa shape index (κ3) is 4.38. The van der Waals surface area contributed by atoms with Crippen molar-refractivity contribution in [1.82, 2.24) is 9.88 Å². The first-order chi connectivity index (χ1) is 9.47. The summed E-state index contributed by atoms with van der Waals surface area (Å²) in [5.41, 5.74) is 0.955. The first kappa shape index (κ1) is 16.2. The smallest absolute Gasteiger partial charge is 0.328 e. The molecule has 5 nitrogen and oxygen atoms in total. The molecule has 1 heterocycles. The van der Waals surface area contributed by atoms with Gasteiger partial charge in [0.1, 0.15) is 0 Å². The van der Waals surface area contributed by atoms with Gasteiger partial charge in [-0.1, -0.05) is 0 Å². The maximum Gasteiger partial charge on any atom is 0.328 e. The average Bonchev–Trinajstić information content (AvgIpc) is 2.44. The maximum atomic E-state index is 12.4. The van der Waals surface area contributed by atoms with Crippen LogP contribution in [0.25, 0.3) is 6.08 Å². The van der Waals surface area contributed by atoms with E-state index in [-0.39, 0.29) is 11.9 Å². The Morgan fingerprint density at radius 1 is 1.55 bits per heavy atom. The Morgan fingerprint density at radius 2 is 2.25 bits per heavy atom. The Labute approximate surface area is 122 Å². The highest BCUT2D eigenvalue weighted by atomic mass is 32.2. The molecule has 0 saturated heterocycles. The van der Waals surface area contributed by atoms with E-state index in [2.05, 4.69) is 4.98 Å². The lowest BCUT2D eigenvalue weighted by Crippen LogP contribution is -2.36. The fraction of sp³-hybridized carbons (Fsp3) is 0.357. The van der Waals surface area contributed by atoms with E-state index in [4.69, 9.17) is 5.11 Å². The van der Waals surface area contributed by atoms with Crippen LogP contribution in [0.3, 0.4) is 0 Å². The largest absolute Gasteiger partial charge is 0.478 e. The van der Waals surface area contributed by atoms with Crippen LogP contribution in [-0.4, -0.2) is 52.0 Å². The number of carboxylic acids is 1. The molecule has 0 saturated carbocycles. The summed E-state index contributed by atoms with van der Waals surface area (Å²) < 4.78 is 0. The second kappa shape index (κ2) is 7.69. The molecular formula is C14H18N2O3S. The van der Waals surface area contributed by atoms with Crippen molar-refractivity contribution in [2.75, 3.05) is 19.1 Å². The molecule has 108 valence electrons. The molecule has 0 aliphatic rings. The number of hydrogen-bond donors (Lipinski definition) is 1. The molecule has 1 aromatic rings. The van der Waals surface area contributed by atoms with Crippen molar-refractivity contribution in [3.8, 4) is 0 Å². The second-order valence-electron chi connectivity index (χ2n) is 4.35. The molecule has 0 spiro atoms. The molecule has 6 heteroatoms. The predicted molar refractivity (Wildman–Crippen MR) is 80.8 cm³/mol. The maximum absolute atomic E-state index is 12.4. The quantitative estimate of drug-likeness (QED) is 0.813. The first-order valence-electron chi connectivity index (χ1n) is 6.08. The van der Waals surface area contributed by atoms with Crippen LogP contribution < -0.4 is 0 Å². The van der Waals surface area contributed by atoms with Crippen LogP contribution in [0, 0.1) is 0 Å². The number of carboxylic acid groups (broad SMARTS) is 1. The minimum atomic E-state index is -1.06. The molecule has 0 aliphatic carbocycles. The summed E-state index contributed by atoms with van der Waals surface area (Å²) in [6.07, 6.45) is 7.38. The number of rotatable bonds is 6. The van der Waals surface area contributed by atoms with Gasteiger partial charge in [-0.3, -0.25) is 9.78 Å². The van der Waals surface area contributed by atoms with Crippen LogP contribution in [0.2, 0.25) is 0 Å². The van der Waals surface area contributed by atoms with Gasteiger partial charge in [0.25, 0.3) is 5.91 Å². The van der Waals surface area contributed by atoms with Crippen LogP contribution in [-0.2, 0) is 4.79 Å². The summed E-state index contributed by atoms with van der Waals surface area (Å²) in [7, 11) is 1.74. The van der Waals surface area contributed by atoms with Crippen LogP contribution in [0.5, 0.6) is 0 Å². The van der Waals surface area contributed by atoms with E-state index in [1.807, 2.05) is 13.2 Å². The van der Waals surface area contributed by atoms with Crippen molar-refractivity contribution in [3.05, 3.63) is 35.7 Å². The monoisotopic (exact) mass is 294 g/mol. The van der Waals surface area contributed by atoms with Crippen molar-refractivity contribution >= 4 is 29.7 Å². The van der Waals surface area contributed by atoms with Crippen molar-refractivity contribution in [2.24, 2.45) is 0 Å². The van der Waals surface area contributed by atoms with E-state index in [1.54, 1.807) is 29.8 Å². The number of hydrogen-bond acceptors (Lipinski definition) is 4. The van der Waals surface area contributed by atoms with E-state index in [0.29, 0.717) is 11.1 Å². The molecule has 0 aromatic carbocycles. The van der Waals surface area contributed by atoms with E-state index in [1.165, 1.54) is 18.5 Å². The molecule has 0 aliphatic heterocycles. The van der Waals surface area contributed by atoms with Crippen LogP contribution in [0.4, 0.5) is 0 Å². The van der Waals surface area contributed by atoms with E-state index >= 15 is 0 Å². The average molecular weight is 294 g/mol. The highest BCUT2D eigenvalue weighted by Gasteiger charge is 2.19. The zero-order valence-electron chi connectivity index (χ0n) is 11.7. The number of carbonyl (C=O) groups excluding carboxylic acids is 1. The van der Waals surface area contributed by atoms with Crippen molar-refractivity contribution in [1.29, 1.82) is 0 Å². The van der Waals surface area contributed by atoms with Crippen LogP contribution >= 0.6 is 11.8 Å². The van der Waals surface area contributed by atoms with Gasteiger partial charge in [0.05, 0.1) is 0 Å². The Balaban J connectivity index is 3.01. The van der Waals surface area contributed by atoms with Gasteiger partial charge in [0, 0.05) is 48.4 Å². The lowest BCUT2D eigenvalue weighted by molar-refractivity contribution is -0.131. The lowest BCUT2D eigenvalue weighted by Gasteiger charge is -2.25. The lowest BCUT2D eigenvalue weighted by atomic mass is 10.1. The van der Waals surface area contributed by atoms with E-state index < -0.39 is 5.97 Å². The highest BCUT2D eigenvalue weighted by molar-refractivity contribution is 7.98. The third-order valence-corrected chi connectivity index (χ3v) is 3.69. The standard InChI is InChI=1S/C14H18N2O3S/c1-10(9-20-3)16(2)14(19)12-6-7-15-8-11(12)4-5-13(17)18/h4-8,10H,9H2,1-3H3,(H,17,18)/b5-4+. The van der Waals surface area contributed by atoms with Crippen molar-refractivity contribution < 1.29 is 14.7 Å². The number of nitrogens with zero attached hydrogens (tertiary/aromatic N) is 2. The molecule has 1 unspecified atom stereocenters. The summed E-state index contributed by atoms with van der Waals surface area (Å²) in [4.78, 5) is 28.6. The predicted octanol–water partition coefficient (Wildman–Crippen LogP) is 2.00. The van der Waals surface area contributed by atoms with Crippen LogP contribution in [0.15, 0.2) is 24.5 Å². The topological polar surface area (TPSA) is 70.5 Å². The molecule has 1 aromatic heterocycles. The third-order valence-electron chi connectivity index (χ3n) is 2.88. The summed E-state index contributed by atoms with van der Waals surface area (Å²) in [5.74, 6) is -0.358. The molecule has 1 rings (SSSR count). The summed E-state index contributed by atoms with van der Waals surface area (Å²) >= 11 is 1.67. The normalized spacial score (nSPS) is 12.3. The summed E-state index contributed by atoms with van der Waals surface area (Å²) in [6, 6.07) is 1.70. The van der Waals surface area contributed by atoms with Gasteiger partial charge < -0.3 is 10.0 Å². The molecule has 1 atom stereocenters. The van der Waals surface area contributed by atoms with Gasteiger partial charge in [-0.25, -0.2) is 4.79 Å². The molecule has 1 amide bonds. The Morgan fingerprint density at radius 3 is 2.85 bits per heavy atom. The minimum absolute atomic E-state index is 0.0990. The number of carbonyl (C=O) groups is 2. The van der Waals surface area contributed by atoms with Crippen molar-refractivity contribution in [3.63, 3.8) is 0 Å². The molecule has 0 radical (unpaired) electrons. The zero-order valence-corrected chi connectivity index (χ0v) is 12.6. The number of amides is 1. The fourth-order valence-electron chi connectivity index (χ4n) is 1.64. The highest BCUT2D eigenvalue weighted by Crippen LogP contribution is 2.14. The molecular weight excluding hydrogens is 276 g/mol. The molecule has 0 fully saturated rings. The molecule has 1 N–H and O–H groups in total. The Bertz CT molecular complexity index is 517. The number of thioether (sulfide) groups is 1. The van der Waals surface area contributed by atoms with Gasteiger partial charge in [-0.05, 0) is 25.3 Å². The van der Waals surface area contributed by atoms with Gasteiger partial charge in [0.15, 0.2) is 0 Å². The summed E-state index contributed by atoms with van der Waals surface area (Å²) in [6.45, 7) is 1.97. The van der Waals surface area contributed by atoms with E-state index in [0.717, 1.165) is 11.8 Å². The van der Waals surface area contributed by atoms with Crippen molar-refractivity contribution in [2.45, 2.75) is 13.0 Å². The molecule has 20 heavy (non-hydrogen) atoms. The van der Waals surface area contributed by atoms with Gasteiger partial charge in [0.2, 0.25) is 0 Å². The Hall–Kier alpha value is -1.82. The van der Waals surface area contributed by atoms with E-state index in [9.17, 15) is 9.59 Å². The van der Waals surface area contributed by atoms with Gasteiger partial charge >= 0.3 is 5.97 Å². The SMILES string of the molecule is CSCC(C)N(C)C(=O)c1ccncc1/C=C/C(=O)O. The van der Waals surface area contributed by atoms with Gasteiger partial charge in [-0.15, -0.1) is 0 Å². The Kier molecular flexibility index (Phi) is 6.24. The number of pyridine rings is 1. The number of aliphatic carboxylic acids is 1. The second-order valence-corrected chi connectivity index (χ2v) is 5.27. The zero-order chi connectivity index (χ0) is 15.1. The first-order valence-corrected chi connectivity index (χ1v) is 7.48. The minimum Gasteiger partial charge on any atom is -0.478 e. The van der Waals surface area contributed by atoms with Gasteiger partial charge in [-0.2, -0.15) is 11.8 Å². The van der Waals surface area contributed by atoms with Crippen LogP contribution in [0.1, 0.15) is 22.8 Å². The molecule has 0 bridgehead atoms. The summed E-state index contributed by atoms with van der Waals surface area (Å²) in [5, 5.41) is 8.67.